The highest BCUT2D eigenvalue weighted by atomic mass is 19.1. The van der Waals surface area contributed by atoms with Crippen molar-refractivity contribution >= 4 is 5.91 Å². The number of hydrogen-bond donors (Lipinski definition) is 2. The number of aryl methyl sites for hydroxylation is 1. The minimum Gasteiger partial charge on any atom is -0.508 e. The molecule has 1 aromatic heterocycles. The van der Waals surface area contributed by atoms with Gasteiger partial charge in [0.2, 0.25) is 0 Å². The molecule has 194 valence electrons. The van der Waals surface area contributed by atoms with Gasteiger partial charge in [-0.05, 0) is 92.3 Å². The Bertz CT molecular complexity index is 1490. The fourth-order valence-corrected chi connectivity index (χ4v) is 5.83. The molecule has 6 nitrogen and oxygen atoms in total. The van der Waals surface area contributed by atoms with Crippen molar-refractivity contribution in [1.82, 2.24) is 19.8 Å². The van der Waals surface area contributed by atoms with Crippen molar-refractivity contribution in [2.45, 2.75) is 38.3 Å². The average Bonchev–Trinajstić information content (AvgIpc) is 3.49. The second-order valence-electron chi connectivity index (χ2n) is 10.5. The van der Waals surface area contributed by atoms with E-state index in [4.69, 9.17) is 0 Å². The number of carbonyl (C=O) groups is 1. The number of H-pyrrole nitrogens is 1. The second-order valence-corrected chi connectivity index (χ2v) is 10.5. The van der Waals surface area contributed by atoms with Gasteiger partial charge >= 0.3 is 0 Å². The van der Waals surface area contributed by atoms with Crippen LogP contribution in [0.15, 0.2) is 66.9 Å². The molecule has 7 heteroatoms. The number of carbonyl (C=O) groups excluding carboxylic acids is 1. The number of amides is 1. The van der Waals surface area contributed by atoms with E-state index in [2.05, 4.69) is 52.2 Å². The molecule has 0 aliphatic carbocycles. The van der Waals surface area contributed by atoms with Crippen molar-refractivity contribution in [2.75, 3.05) is 20.1 Å². The highest BCUT2D eigenvalue weighted by Gasteiger charge is 2.37. The molecule has 38 heavy (non-hydrogen) atoms. The maximum Gasteiger partial charge on any atom is 0.255 e. The number of piperidine rings is 1. The van der Waals surface area contributed by atoms with Crippen molar-refractivity contribution in [3.8, 4) is 16.9 Å². The van der Waals surface area contributed by atoms with E-state index in [-0.39, 0.29) is 11.7 Å². The van der Waals surface area contributed by atoms with Crippen LogP contribution in [0.3, 0.4) is 0 Å². The van der Waals surface area contributed by atoms with Crippen molar-refractivity contribution < 1.29 is 14.3 Å². The van der Waals surface area contributed by atoms with Crippen LogP contribution in [0.2, 0.25) is 0 Å². The van der Waals surface area contributed by atoms with Gasteiger partial charge in [-0.1, -0.05) is 36.4 Å². The highest BCUT2D eigenvalue weighted by Crippen LogP contribution is 2.40. The van der Waals surface area contributed by atoms with Crippen molar-refractivity contribution in [2.24, 2.45) is 0 Å². The number of likely N-dealkylation sites (tertiary alicyclic amines) is 1. The minimum absolute atomic E-state index is 0.0715. The molecule has 1 amide bonds. The Morgan fingerprint density at radius 3 is 2.47 bits per heavy atom. The van der Waals surface area contributed by atoms with E-state index in [0.717, 1.165) is 29.8 Å². The number of hydrogen-bond acceptors (Lipinski definition) is 4. The topological polar surface area (TPSA) is 72.5 Å². The van der Waals surface area contributed by atoms with Gasteiger partial charge in [-0.3, -0.25) is 4.79 Å². The van der Waals surface area contributed by atoms with Crippen LogP contribution in [0.25, 0.3) is 11.1 Å². The number of benzene rings is 3. The van der Waals surface area contributed by atoms with E-state index in [1.165, 1.54) is 36.6 Å². The van der Waals surface area contributed by atoms with Crippen LogP contribution in [0.5, 0.6) is 5.75 Å². The summed E-state index contributed by atoms with van der Waals surface area (Å²) in [6.45, 7) is 4.42. The van der Waals surface area contributed by atoms with Crippen LogP contribution in [0.1, 0.15) is 63.4 Å². The van der Waals surface area contributed by atoms with Gasteiger partial charge < -0.3 is 19.9 Å². The maximum absolute atomic E-state index is 14.2. The number of aromatic nitrogens is 2. The Morgan fingerprint density at radius 1 is 1.03 bits per heavy atom. The molecule has 1 fully saturated rings. The van der Waals surface area contributed by atoms with Gasteiger partial charge in [0.25, 0.3) is 5.91 Å². The lowest BCUT2D eigenvalue weighted by Gasteiger charge is -2.29. The molecule has 0 saturated carbocycles. The van der Waals surface area contributed by atoms with Gasteiger partial charge in [0.1, 0.15) is 23.4 Å². The lowest BCUT2D eigenvalue weighted by atomic mass is 9.88. The van der Waals surface area contributed by atoms with Gasteiger partial charge in [-0.2, -0.15) is 0 Å². The van der Waals surface area contributed by atoms with Crippen LogP contribution >= 0.6 is 0 Å². The molecule has 1 saturated heterocycles. The average molecular weight is 511 g/mol. The number of phenols is 1. The normalized spacial score (nSPS) is 17.1. The Balaban J connectivity index is 1.30. The molecular formula is C31H31FN4O2. The first kappa shape index (κ1) is 24.4. The zero-order valence-corrected chi connectivity index (χ0v) is 21.6. The fourth-order valence-electron chi connectivity index (χ4n) is 5.83. The fraction of sp³-hybridized carbons (Fsp3) is 0.290. The molecular weight excluding hydrogens is 479 g/mol. The number of nitrogens with one attached hydrogen (secondary N) is 1. The lowest BCUT2D eigenvalue weighted by Crippen LogP contribution is -2.30. The Morgan fingerprint density at radius 2 is 1.76 bits per heavy atom. The first-order chi connectivity index (χ1) is 18.4. The molecule has 0 spiro atoms. The van der Waals surface area contributed by atoms with E-state index in [1.54, 1.807) is 11.1 Å². The first-order valence-corrected chi connectivity index (χ1v) is 13.1. The summed E-state index contributed by atoms with van der Waals surface area (Å²) in [4.78, 5) is 25.3. The zero-order valence-electron chi connectivity index (χ0n) is 21.6. The van der Waals surface area contributed by atoms with Gasteiger partial charge in [-0.25, -0.2) is 9.37 Å². The number of halogens is 1. The maximum atomic E-state index is 14.2. The third-order valence-electron chi connectivity index (χ3n) is 7.99. The van der Waals surface area contributed by atoms with Gasteiger partial charge in [0.05, 0.1) is 11.9 Å². The van der Waals surface area contributed by atoms with Crippen molar-refractivity contribution in [3.05, 3.63) is 106 Å². The molecule has 1 unspecified atom stereocenters. The predicted molar refractivity (Wildman–Crippen MR) is 144 cm³/mol. The summed E-state index contributed by atoms with van der Waals surface area (Å²) in [6.07, 6.45) is 3.99. The minimum atomic E-state index is -0.705. The standard InChI is InChI=1S/C31H31FN4O2/c1-19-33-17-28(34-19)30(27-16-25(32)9-10-29(27)37)36-18-24-8-7-23(15-26(24)31(36)38)21-5-3-20(4-6-21)22-11-13-35(2)14-12-22/h3-10,15-17,22,30,37H,11-14,18H2,1-2H3,(H,33,34). The lowest BCUT2D eigenvalue weighted by molar-refractivity contribution is 0.0726. The summed E-state index contributed by atoms with van der Waals surface area (Å²) >= 11 is 0. The Labute approximate surface area is 221 Å². The molecule has 3 heterocycles. The molecule has 2 aliphatic heterocycles. The zero-order chi connectivity index (χ0) is 26.4. The van der Waals surface area contributed by atoms with E-state index in [9.17, 15) is 14.3 Å². The van der Waals surface area contributed by atoms with Crippen LogP contribution in [-0.4, -0.2) is 50.9 Å². The molecule has 1 atom stereocenters. The number of rotatable bonds is 5. The van der Waals surface area contributed by atoms with Crippen molar-refractivity contribution in [3.63, 3.8) is 0 Å². The third-order valence-corrected chi connectivity index (χ3v) is 7.99. The summed E-state index contributed by atoms with van der Waals surface area (Å²) in [6, 6.07) is 17.8. The van der Waals surface area contributed by atoms with Gasteiger partial charge in [-0.15, -0.1) is 0 Å². The van der Waals surface area contributed by atoms with E-state index in [1.807, 2.05) is 19.1 Å². The molecule has 2 aliphatic rings. The molecule has 6 rings (SSSR count). The van der Waals surface area contributed by atoms with Gasteiger partial charge in [0.15, 0.2) is 0 Å². The number of fused-ring (bicyclic) bond motifs is 1. The second kappa shape index (κ2) is 9.72. The van der Waals surface area contributed by atoms with E-state index in [0.29, 0.717) is 35.1 Å². The largest absolute Gasteiger partial charge is 0.508 e. The third kappa shape index (κ3) is 4.47. The Kier molecular flexibility index (Phi) is 6.24. The quantitative estimate of drug-likeness (QED) is 0.357. The van der Waals surface area contributed by atoms with Crippen molar-refractivity contribution in [1.29, 1.82) is 0 Å². The molecule has 0 radical (unpaired) electrons. The molecule has 2 N–H and O–H groups in total. The van der Waals surface area contributed by atoms with E-state index >= 15 is 0 Å². The summed E-state index contributed by atoms with van der Waals surface area (Å²) in [5.74, 6) is 0.561. The summed E-state index contributed by atoms with van der Waals surface area (Å²) in [5.41, 5.74) is 5.89. The monoisotopic (exact) mass is 510 g/mol. The van der Waals surface area contributed by atoms with Gasteiger partial charge in [0, 0.05) is 17.7 Å². The molecule has 3 aromatic carbocycles. The number of phenolic OH excluding ortho intramolecular Hbond substituents is 1. The van der Waals surface area contributed by atoms with Crippen LogP contribution in [0.4, 0.5) is 4.39 Å². The van der Waals surface area contributed by atoms with E-state index < -0.39 is 11.9 Å². The Hall–Kier alpha value is -3.97. The molecule has 4 aromatic rings. The SMILES string of the molecule is Cc1ncc(C(c2cc(F)ccc2O)N2Cc3ccc(-c4ccc(C5CCN(C)CC5)cc4)cc3C2=O)[nH]1. The summed E-state index contributed by atoms with van der Waals surface area (Å²) in [5, 5.41) is 10.6. The number of aromatic hydroxyl groups is 1. The summed E-state index contributed by atoms with van der Waals surface area (Å²) in [7, 11) is 2.18. The molecule has 0 bridgehead atoms. The van der Waals surface area contributed by atoms with Crippen LogP contribution in [0, 0.1) is 12.7 Å². The number of imidazole rings is 1. The highest BCUT2D eigenvalue weighted by molar-refractivity contribution is 6.00. The smallest absolute Gasteiger partial charge is 0.255 e. The number of nitrogens with zero attached hydrogens (tertiary/aromatic N) is 3. The van der Waals surface area contributed by atoms with Crippen LogP contribution in [-0.2, 0) is 6.54 Å². The van der Waals surface area contributed by atoms with Crippen LogP contribution < -0.4 is 0 Å². The first-order valence-electron chi connectivity index (χ1n) is 13.1. The number of aromatic amines is 1. The predicted octanol–water partition coefficient (Wildman–Crippen LogP) is 5.78. The summed E-state index contributed by atoms with van der Waals surface area (Å²) < 4.78 is 14.2.